The van der Waals surface area contributed by atoms with Crippen molar-refractivity contribution >= 4 is 53.3 Å². The summed E-state index contributed by atoms with van der Waals surface area (Å²) in [6.07, 6.45) is 0. The lowest BCUT2D eigenvalue weighted by atomic mass is 9.98. The molecule has 0 aliphatic heterocycles. The Bertz CT molecular complexity index is 2820. The van der Waals surface area contributed by atoms with E-state index in [2.05, 4.69) is 95.6 Å². The molecule has 0 amide bonds. The maximum atomic E-state index is 5.25. The van der Waals surface area contributed by atoms with Crippen LogP contribution in [-0.2, 0) is 0 Å². The fourth-order valence-electron chi connectivity index (χ4n) is 7.00. The van der Waals surface area contributed by atoms with Gasteiger partial charge in [-0.3, -0.25) is 4.57 Å². The lowest BCUT2D eigenvalue weighted by Gasteiger charge is -2.11. The maximum absolute atomic E-state index is 5.25. The van der Waals surface area contributed by atoms with Crippen LogP contribution in [0, 0.1) is 0 Å². The summed E-state index contributed by atoms with van der Waals surface area (Å²) >= 11 is 1.84. The van der Waals surface area contributed by atoms with Crippen LogP contribution in [0.5, 0.6) is 0 Å². The van der Waals surface area contributed by atoms with E-state index in [1.165, 1.54) is 42.1 Å². The molecule has 0 unspecified atom stereocenters. The molecule has 0 atom stereocenters. The Labute approximate surface area is 291 Å². The van der Waals surface area contributed by atoms with Crippen molar-refractivity contribution in [2.75, 3.05) is 0 Å². The molecule has 0 aliphatic carbocycles. The van der Waals surface area contributed by atoms with Gasteiger partial charge >= 0.3 is 0 Å². The van der Waals surface area contributed by atoms with E-state index in [1.807, 2.05) is 84.1 Å². The zero-order chi connectivity index (χ0) is 33.0. The lowest BCUT2D eigenvalue weighted by Crippen LogP contribution is -2.03. The van der Waals surface area contributed by atoms with Crippen molar-refractivity contribution in [1.82, 2.24) is 24.5 Å². The monoisotopic (exact) mass is 657 g/mol. The minimum Gasteiger partial charge on any atom is -0.294 e. The summed E-state index contributed by atoms with van der Waals surface area (Å²) in [5.41, 5.74) is 7.11. The second-order valence-electron chi connectivity index (χ2n) is 12.3. The quantitative estimate of drug-likeness (QED) is 0.185. The van der Waals surface area contributed by atoms with Crippen LogP contribution in [0.25, 0.3) is 93.2 Å². The fraction of sp³-hybridized carbons (Fsp3) is 0. The number of hydrogen-bond donors (Lipinski definition) is 0. The minimum absolute atomic E-state index is 0.525. The van der Waals surface area contributed by atoms with Crippen molar-refractivity contribution < 1.29 is 0 Å². The van der Waals surface area contributed by atoms with E-state index in [-0.39, 0.29) is 0 Å². The Kier molecular flexibility index (Phi) is 6.60. The third-order valence-corrected chi connectivity index (χ3v) is 10.4. The molecular formula is C44H27N5S. The van der Waals surface area contributed by atoms with E-state index in [0.29, 0.717) is 23.2 Å². The molecule has 0 spiro atoms. The summed E-state index contributed by atoms with van der Waals surface area (Å²) in [5, 5.41) is 4.95. The van der Waals surface area contributed by atoms with Crippen LogP contribution in [0.15, 0.2) is 164 Å². The second kappa shape index (κ2) is 11.6. The lowest BCUT2D eigenvalue weighted by molar-refractivity contribution is 1.03. The first kappa shape index (κ1) is 28.5. The summed E-state index contributed by atoms with van der Waals surface area (Å²) < 4.78 is 4.86. The van der Waals surface area contributed by atoms with Gasteiger partial charge in [-0.2, -0.15) is 0 Å². The number of thiophene rings is 1. The molecule has 0 N–H and O–H groups in total. The molecule has 6 aromatic carbocycles. The number of benzene rings is 6. The molecule has 4 aromatic heterocycles. The van der Waals surface area contributed by atoms with Crippen molar-refractivity contribution in [1.29, 1.82) is 0 Å². The molecule has 5 nitrogen and oxygen atoms in total. The van der Waals surface area contributed by atoms with Gasteiger partial charge in [0.05, 0.1) is 11.0 Å². The highest BCUT2D eigenvalue weighted by molar-refractivity contribution is 7.25. The van der Waals surface area contributed by atoms with E-state index >= 15 is 0 Å². The Morgan fingerprint density at radius 2 is 1.02 bits per heavy atom. The van der Waals surface area contributed by atoms with Crippen LogP contribution in [0.1, 0.15) is 0 Å². The van der Waals surface area contributed by atoms with Crippen LogP contribution < -0.4 is 0 Å². The molecule has 6 heteroatoms. The second-order valence-corrected chi connectivity index (χ2v) is 13.4. The number of aromatic nitrogens is 5. The van der Waals surface area contributed by atoms with Crippen LogP contribution in [0.2, 0.25) is 0 Å². The molecule has 0 bridgehead atoms. The normalized spacial score (nSPS) is 11.6. The average molecular weight is 658 g/mol. The predicted octanol–water partition coefficient (Wildman–Crippen LogP) is 11.4. The largest absolute Gasteiger partial charge is 0.294 e. The van der Waals surface area contributed by atoms with Crippen LogP contribution in [0.4, 0.5) is 0 Å². The number of rotatable bonds is 5. The van der Waals surface area contributed by atoms with Gasteiger partial charge in [-0.25, -0.2) is 19.9 Å². The molecular weight excluding hydrogens is 631 g/mol. The summed E-state index contributed by atoms with van der Waals surface area (Å²) in [6, 6.07) is 56.8. The summed E-state index contributed by atoms with van der Waals surface area (Å²) in [7, 11) is 0. The number of para-hydroxylation sites is 1. The van der Waals surface area contributed by atoms with E-state index in [1.54, 1.807) is 0 Å². The number of nitrogens with zero attached hydrogens (tertiary/aromatic N) is 5. The standard InChI is InChI=1S/C44H27N5S/c1-3-13-28(14-4-1)42-46-43(29-15-5-2-6-16-29)48-44(47-42)35-20-12-24-40(45-35)49-36-21-9-7-17-32(36)33-26-25-30(27-37(33)49)31-19-11-23-39-41(31)34-18-8-10-22-38(34)50-39/h1-27H. The Balaban J connectivity index is 1.18. The highest BCUT2D eigenvalue weighted by atomic mass is 32.1. The molecule has 0 radical (unpaired) electrons. The Morgan fingerprint density at radius 1 is 0.400 bits per heavy atom. The fourth-order valence-corrected chi connectivity index (χ4v) is 8.13. The van der Waals surface area contributed by atoms with Gasteiger partial charge in [0, 0.05) is 42.1 Å². The van der Waals surface area contributed by atoms with E-state index < -0.39 is 0 Å². The number of hydrogen-bond acceptors (Lipinski definition) is 5. The van der Waals surface area contributed by atoms with Crippen molar-refractivity contribution in [2.45, 2.75) is 0 Å². The molecule has 10 aromatic rings. The summed E-state index contributed by atoms with van der Waals surface area (Å²) in [4.78, 5) is 20.0. The highest BCUT2D eigenvalue weighted by Crippen LogP contribution is 2.42. The van der Waals surface area contributed by atoms with Crippen molar-refractivity contribution in [3.63, 3.8) is 0 Å². The van der Waals surface area contributed by atoms with Gasteiger partial charge in [-0.1, -0.05) is 127 Å². The average Bonchev–Trinajstić information content (AvgIpc) is 3.74. The van der Waals surface area contributed by atoms with Crippen molar-refractivity contribution in [3.05, 3.63) is 164 Å². The third-order valence-electron chi connectivity index (χ3n) is 9.28. The van der Waals surface area contributed by atoms with Crippen molar-refractivity contribution in [2.24, 2.45) is 0 Å². The summed E-state index contributed by atoms with van der Waals surface area (Å²) in [6.45, 7) is 0. The predicted molar refractivity (Wildman–Crippen MR) is 207 cm³/mol. The first-order chi connectivity index (χ1) is 24.8. The van der Waals surface area contributed by atoms with E-state index in [4.69, 9.17) is 19.9 Å². The van der Waals surface area contributed by atoms with Gasteiger partial charge in [0.25, 0.3) is 0 Å². The highest BCUT2D eigenvalue weighted by Gasteiger charge is 2.18. The van der Waals surface area contributed by atoms with Gasteiger partial charge in [0.1, 0.15) is 11.5 Å². The molecule has 0 fully saturated rings. The number of pyridine rings is 1. The third kappa shape index (κ3) is 4.69. The van der Waals surface area contributed by atoms with Crippen LogP contribution in [0.3, 0.4) is 0 Å². The molecule has 0 saturated carbocycles. The van der Waals surface area contributed by atoms with Crippen LogP contribution in [-0.4, -0.2) is 24.5 Å². The molecule has 50 heavy (non-hydrogen) atoms. The molecule has 0 saturated heterocycles. The number of fused-ring (bicyclic) bond motifs is 6. The van der Waals surface area contributed by atoms with Gasteiger partial charge in [0.15, 0.2) is 17.5 Å². The first-order valence-electron chi connectivity index (χ1n) is 16.6. The zero-order valence-electron chi connectivity index (χ0n) is 26.7. The minimum atomic E-state index is 0.525. The Morgan fingerprint density at radius 3 is 1.80 bits per heavy atom. The SMILES string of the molecule is c1ccc(-c2nc(-c3ccccc3)nc(-c3cccc(-n4c5ccccc5c5ccc(-c6cccc7sc8ccccc8c67)cc54)n3)n2)cc1. The maximum Gasteiger partial charge on any atom is 0.182 e. The van der Waals surface area contributed by atoms with Gasteiger partial charge in [-0.15, -0.1) is 11.3 Å². The van der Waals surface area contributed by atoms with Gasteiger partial charge in [-0.05, 0) is 47.5 Å². The topological polar surface area (TPSA) is 56.5 Å². The van der Waals surface area contributed by atoms with Gasteiger partial charge < -0.3 is 0 Å². The molecule has 4 heterocycles. The summed E-state index contributed by atoms with van der Waals surface area (Å²) in [5.74, 6) is 2.54. The zero-order valence-corrected chi connectivity index (χ0v) is 27.5. The molecule has 0 aliphatic rings. The van der Waals surface area contributed by atoms with Crippen molar-refractivity contribution in [3.8, 4) is 51.2 Å². The first-order valence-corrected chi connectivity index (χ1v) is 17.4. The van der Waals surface area contributed by atoms with Crippen LogP contribution >= 0.6 is 11.3 Å². The smallest absolute Gasteiger partial charge is 0.182 e. The van der Waals surface area contributed by atoms with Gasteiger partial charge in [0.2, 0.25) is 0 Å². The molecule has 234 valence electrons. The van der Waals surface area contributed by atoms with E-state index in [9.17, 15) is 0 Å². The van der Waals surface area contributed by atoms with E-state index in [0.717, 1.165) is 28.0 Å². The molecule has 10 rings (SSSR count). The Hall–Kier alpha value is -6.50.